The molecule has 0 aliphatic carbocycles. The van der Waals surface area contributed by atoms with E-state index in [1.54, 1.807) is 16.8 Å². The van der Waals surface area contributed by atoms with Crippen LogP contribution in [0.15, 0.2) is 53.0 Å². The topological polar surface area (TPSA) is 55.6 Å². The maximum Gasteiger partial charge on any atom is 0.243 e. The second-order valence-corrected chi connectivity index (χ2v) is 6.42. The molecule has 7 heteroatoms. The van der Waals surface area contributed by atoms with Crippen molar-refractivity contribution < 1.29 is 4.39 Å². The average Bonchev–Trinajstić information content (AvgIpc) is 3.02. The molecule has 0 unspecified atom stereocenters. The normalized spacial score (nSPS) is 19.9. The highest BCUT2D eigenvalue weighted by Crippen LogP contribution is 2.37. The Kier molecular flexibility index (Phi) is 3.57. The molecule has 4 rings (SSSR count). The molecule has 116 valence electrons. The maximum atomic E-state index is 13.6. The van der Waals surface area contributed by atoms with Crippen molar-refractivity contribution in [2.24, 2.45) is 0 Å². The van der Waals surface area contributed by atoms with Crippen LogP contribution in [0.2, 0.25) is 0 Å². The fraction of sp³-hybridized carbons (Fsp3) is 0.188. The van der Waals surface area contributed by atoms with Crippen molar-refractivity contribution in [3.05, 3.63) is 69.9 Å². The molecule has 2 aromatic carbocycles. The van der Waals surface area contributed by atoms with Gasteiger partial charge in [0.1, 0.15) is 5.82 Å². The molecule has 2 atom stereocenters. The van der Waals surface area contributed by atoms with Crippen LogP contribution < -0.4 is 5.32 Å². The van der Waals surface area contributed by atoms with Gasteiger partial charge in [-0.15, -0.1) is 0 Å². The highest BCUT2D eigenvalue weighted by Gasteiger charge is 2.30. The van der Waals surface area contributed by atoms with Gasteiger partial charge in [-0.25, -0.2) is 9.07 Å². The van der Waals surface area contributed by atoms with Gasteiger partial charge >= 0.3 is 0 Å². The molecule has 23 heavy (non-hydrogen) atoms. The van der Waals surface area contributed by atoms with Crippen molar-refractivity contribution in [3.63, 3.8) is 0 Å². The number of benzene rings is 2. The van der Waals surface area contributed by atoms with Crippen molar-refractivity contribution in [1.82, 2.24) is 20.2 Å². The van der Waals surface area contributed by atoms with Gasteiger partial charge in [0.15, 0.2) is 0 Å². The van der Waals surface area contributed by atoms with Crippen molar-refractivity contribution in [3.8, 4) is 0 Å². The van der Waals surface area contributed by atoms with Crippen molar-refractivity contribution in [1.29, 1.82) is 0 Å². The van der Waals surface area contributed by atoms with Gasteiger partial charge in [0.2, 0.25) is 5.95 Å². The standard InChI is InChI=1S/C16H13BrFN5/c17-12-5-1-3-10(7-12)14-9-15(11-4-2-6-13(18)8-11)23-16(19-14)20-21-22-23/h1-8,14-15H,9H2,(H,19,20,22)/t14-,15+/m0/s1. The van der Waals surface area contributed by atoms with E-state index in [1.165, 1.54) is 6.07 Å². The molecule has 0 fully saturated rings. The molecule has 2 heterocycles. The monoisotopic (exact) mass is 373 g/mol. The first-order valence-corrected chi connectivity index (χ1v) is 8.05. The van der Waals surface area contributed by atoms with Crippen LogP contribution in [0.5, 0.6) is 0 Å². The van der Waals surface area contributed by atoms with E-state index in [0.717, 1.165) is 22.0 Å². The van der Waals surface area contributed by atoms with E-state index in [1.807, 2.05) is 18.2 Å². The van der Waals surface area contributed by atoms with E-state index >= 15 is 0 Å². The predicted octanol–water partition coefficient (Wildman–Crippen LogP) is 3.72. The van der Waals surface area contributed by atoms with E-state index in [0.29, 0.717) is 5.95 Å². The predicted molar refractivity (Wildman–Crippen MR) is 87.5 cm³/mol. The van der Waals surface area contributed by atoms with Crippen LogP contribution in [-0.2, 0) is 0 Å². The second-order valence-electron chi connectivity index (χ2n) is 5.51. The van der Waals surface area contributed by atoms with Gasteiger partial charge in [-0.3, -0.25) is 0 Å². The molecule has 1 aliphatic heterocycles. The molecule has 0 amide bonds. The molecule has 0 radical (unpaired) electrons. The quantitative estimate of drug-likeness (QED) is 0.743. The first kappa shape index (κ1) is 14.3. The zero-order chi connectivity index (χ0) is 15.8. The van der Waals surface area contributed by atoms with Crippen LogP contribution >= 0.6 is 15.9 Å². The van der Waals surface area contributed by atoms with E-state index in [2.05, 4.69) is 48.9 Å². The molecule has 0 saturated heterocycles. The number of anilines is 1. The van der Waals surface area contributed by atoms with Crippen LogP contribution in [0, 0.1) is 5.82 Å². The van der Waals surface area contributed by atoms with Crippen molar-refractivity contribution >= 4 is 21.9 Å². The number of rotatable bonds is 2. The summed E-state index contributed by atoms with van der Waals surface area (Å²) < 4.78 is 16.3. The van der Waals surface area contributed by atoms with Gasteiger partial charge in [0, 0.05) is 4.47 Å². The summed E-state index contributed by atoms with van der Waals surface area (Å²) in [5, 5.41) is 15.2. The molecule has 0 spiro atoms. The Bertz CT molecular complexity index is 850. The number of fused-ring (bicyclic) bond motifs is 1. The van der Waals surface area contributed by atoms with E-state index in [9.17, 15) is 4.39 Å². The number of nitrogens with one attached hydrogen (secondary N) is 1. The summed E-state index contributed by atoms with van der Waals surface area (Å²) >= 11 is 3.50. The molecular formula is C16H13BrFN5. The average molecular weight is 374 g/mol. The summed E-state index contributed by atoms with van der Waals surface area (Å²) in [6.45, 7) is 0. The SMILES string of the molecule is Fc1cccc([C@H]2C[C@@H](c3cccc(Br)c3)Nc3nnnn32)c1. The highest BCUT2D eigenvalue weighted by atomic mass is 79.9. The van der Waals surface area contributed by atoms with Gasteiger partial charge in [-0.2, -0.15) is 0 Å². The zero-order valence-electron chi connectivity index (χ0n) is 12.0. The Labute approximate surface area is 140 Å². The Morgan fingerprint density at radius 3 is 2.78 bits per heavy atom. The summed E-state index contributed by atoms with van der Waals surface area (Å²) in [6, 6.07) is 14.7. The molecule has 0 saturated carbocycles. The molecule has 1 aromatic heterocycles. The zero-order valence-corrected chi connectivity index (χ0v) is 13.6. The lowest BCUT2D eigenvalue weighted by molar-refractivity contribution is 0.422. The van der Waals surface area contributed by atoms with Crippen molar-refractivity contribution in [2.75, 3.05) is 5.32 Å². The lowest BCUT2D eigenvalue weighted by Gasteiger charge is -2.31. The number of aromatic nitrogens is 4. The molecule has 0 bridgehead atoms. The minimum Gasteiger partial charge on any atom is -0.346 e. The molecule has 1 aliphatic rings. The lowest BCUT2D eigenvalue weighted by Crippen LogP contribution is -2.28. The fourth-order valence-corrected chi connectivity index (χ4v) is 3.39. The van der Waals surface area contributed by atoms with Gasteiger partial charge in [0.25, 0.3) is 0 Å². The Balaban J connectivity index is 1.75. The summed E-state index contributed by atoms with van der Waals surface area (Å²) in [7, 11) is 0. The Morgan fingerprint density at radius 2 is 1.96 bits per heavy atom. The fourth-order valence-electron chi connectivity index (χ4n) is 2.97. The number of halogens is 2. The second kappa shape index (κ2) is 5.73. The van der Waals surface area contributed by atoms with Crippen LogP contribution in [0.4, 0.5) is 10.3 Å². The minimum absolute atomic E-state index is 0.0549. The van der Waals surface area contributed by atoms with Crippen LogP contribution in [0.25, 0.3) is 0 Å². The molecule has 1 N–H and O–H groups in total. The summed E-state index contributed by atoms with van der Waals surface area (Å²) in [5.74, 6) is 0.338. The Hall–Kier alpha value is -2.28. The summed E-state index contributed by atoms with van der Waals surface area (Å²) in [4.78, 5) is 0. The smallest absolute Gasteiger partial charge is 0.243 e. The van der Waals surface area contributed by atoms with Gasteiger partial charge in [0.05, 0.1) is 12.1 Å². The first-order chi connectivity index (χ1) is 11.2. The minimum atomic E-state index is -0.255. The highest BCUT2D eigenvalue weighted by molar-refractivity contribution is 9.10. The van der Waals surface area contributed by atoms with Crippen LogP contribution in [0.3, 0.4) is 0 Å². The Morgan fingerprint density at radius 1 is 1.13 bits per heavy atom. The number of hydrogen-bond acceptors (Lipinski definition) is 4. The lowest BCUT2D eigenvalue weighted by atomic mass is 9.93. The largest absolute Gasteiger partial charge is 0.346 e. The first-order valence-electron chi connectivity index (χ1n) is 7.26. The van der Waals surface area contributed by atoms with Gasteiger partial charge in [-0.05, 0) is 52.2 Å². The third kappa shape index (κ3) is 2.72. The summed E-state index contributed by atoms with van der Waals surface area (Å²) in [6.07, 6.45) is 0.734. The third-order valence-corrected chi connectivity index (χ3v) is 4.53. The van der Waals surface area contributed by atoms with E-state index < -0.39 is 0 Å². The number of hydrogen-bond donors (Lipinski definition) is 1. The van der Waals surface area contributed by atoms with Crippen LogP contribution in [0.1, 0.15) is 29.6 Å². The molecule has 3 aromatic rings. The van der Waals surface area contributed by atoms with Gasteiger partial charge < -0.3 is 5.32 Å². The van der Waals surface area contributed by atoms with Crippen LogP contribution in [-0.4, -0.2) is 20.2 Å². The number of tetrazole rings is 1. The number of nitrogens with zero attached hydrogens (tertiary/aromatic N) is 4. The molecular weight excluding hydrogens is 361 g/mol. The van der Waals surface area contributed by atoms with E-state index in [-0.39, 0.29) is 17.9 Å². The van der Waals surface area contributed by atoms with Gasteiger partial charge in [-0.1, -0.05) is 45.3 Å². The summed E-state index contributed by atoms with van der Waals surface area (Å²) in [5.41, 5.74) is 2.00. The maximum absolute atomic E-state index is 13.6. The van der Waals surface area contributed by atoms with Crippen molar-refractivity contribution in [2.45, 2.75) is 18.5 Å². The van der Waals surface area contributed by atoms with E-state index in [4.69, 9.17) is 0 Å². The molecule has 5 nitrogen and oxygen atoms in total. The third-order valence-electron chi connectivity index (χ3n) is 4.03.